The van der Waals surface area contributed by atoms with Crippen LogP contribution in [0.25, 0.3) is 0 Å². The molecule has 1 N–H and O–H groups in total. The molecular formula is C17H35N. The Morgan fingerprint density at radius 2 is 1.33 bits per heavy atom. The third-order valence-corrected chi connectivity index (χ3v) is 4.37. The average molecular weight is 253 g/mol. The van der Waals surface area contributed by atoms with E-state index in [1.54, 1.807) is 0 Å². The summed E-state index contributed by atoms with van der Waals surface area (Å²) in [4.78, 5) is 0. The van der Waals surface area contributed by atoms with Crippen LogP contribution < -0.4 is 5.32 Å². The van der Waals surface area contributed by atoms with Crippen molar-refractivity contribution in [1.29, 1.82) is 0 Å². The van der Waals surface area contributed by atoms with Crippen LogP contribution >= 0.6 is 0 Å². The summed E-state index contributed by atoms with van der Waals surface area (Å²) in [6, 6.07) is 1.44. The van der Waals surface area contributed by atoms with Gasteiger partial charge in [-0.25, -0.2) is 0 Å². The molecule has 0 aromatic heterocycles. The summed E-state index contributed by atoms with van der Waals surface area (Å²) in [7, 11) is 0. The Kier molecular flexibility index (Phi) is 7.29. The largest absolute Gasteiger partial charge is 0.311 e. The second-order valence-corrected chi connectivity index (χ2v) is 7.31. The summed E-state index contributed by atoms with van der Waals surface area (Å²) < 4.78 is 0. The lowest BCUT2D eigenvalue weighted by atomic mass is 9.83. The number of rotatable bonds is 7. The van der Waals surface area contributed by atoms with Gasteiger partial charge in [-0.2, -0.15) is 0 Å². The Balaban J connectivity index is 2.41. The van der Waals surface area contributed by atoms with E-state index in [-0.39, 0.29) is 0 Å². The van der Waals surface area contributed by atoms with Crippen LogP contribution in [0.5, 0.6) is 0 Å². The predicted molar refractivity (Wildman–Crippen MR) is 81.9 cm³/mol. The second kappa shape index (κ2) is 8.19. The first-order valence-corrected chi connectivity index (χ1v) is 8.25. The molecular weight excluding hydrogens is 218 g/mol. The molecule has 0 amide bonds. The highest BCUT2D eigenvalue weighted by Crippen LogP contribution is 2.27. The van der Waals surface area contributed by atoms with E-state index >= 15 is 0 Å². The molecule has 0 unspecified atom stereocenters. The van der Waals surface area contributed by atoms with Crippen molar-refractivity contribution in [2.45, 2.75) is 91.6 Å². The van der Waals surface area contributed by atoms with Crippen molar-refractivity contribution in [3.8, 4) is 0 Å². The third-order valence-electron chi connectivity index (χ3n) is 4.37. The molecule has 1 saturated carbocycles. The van der Waals surface area contributed by atoms with Crippen LogP contribution in [-0.4, -0.2) is 12.1 Å². The van der Waals surface area contributed by atoms with Gasteiger partial charge in [-0.05, 0) is 50.4 Å². The van der Waals surface area contributed by atoms with Crippen molar-refractivity contribution in [1.82, 2.24) is 5.32 Å². The first-order chi connectivity index (χ1) is 8.49. The molecule has 0 bridgehead atoms. The monoisotopic (exact) mass is 253 g/mol. The SMILES string of the molecule is CC(C)CC(CC(C)C)N[C@H](C)C1CCCCC1. The molecule has 0 heterocycles. The third kappa shape index (κ3) is 6.22. The van der Waals surface area contributed by atoms with Gasteiger partial charge in [-0.1, -0.05) is 47.0 Å². The van der Waals surface area contributed by atoms with Crippen LogP contribution in [0.2, 0.25) is 0 Å². The molecule has 1 nitrogen and oxygen atoms in total. The quantitative estimate of drug-likeness (QED) is 0.673. The molecule has 1 heteroatoms. The Bertz CT molecular complexity index is 194. The Labute approximate surface area is 115 Å². The molecule has 0 aromatic carbocycles. The van der Waals surface area contributed by atoms with E-state index in [2.05, 4.69) is 39.9 Å². The number of nitrogens with one attached hydrogen (secondary N) is 1. The normalized spacial score (nSPS) is 20.0. The van der Waals surface area contributed by atoms with E-state index in [0.29, 0.717) is 6.04 Å². The van der Waals surface area contributed by atoms with Gasteiger partial charge in [0.05, 0.1) is 0 Å². The van der Waals surface area contributed by atoms with Gasteiger partial charge in [0.25, 0.3) is 0 Å². The van der Waals surface area contributed by atoms with Crippen LogP contribution in [0.4, 0.5) is 0 Å². The first kappa shape index (κ1) is 16.0. The smallest absolute Gasteiger partial charge is 0.00745 e. The summed E-state index contributed by atoms with van der Waals surface area (Å²) in [5.74, 6) is 2.54. The maximum atomic E-state index is 3.95. The standard InChI is InChI=1S/C17H35N/c1-13(2)11-17(12-14(3)4)18-15(5)16-9-7-6-8-10-16/h13-18H,6-12H2,1-5H3/t15-/m1/s1. The van der Waals surface area contributed by atoms with E-state index in [1.165, 1.54) is 44.9 Å². The van der Waals surface area contributed by atoms with Crippen LogP contribution in [0.15, 0.2) is 0 Å². The molecule has 0 radical (unpaired) electrons. The highest BCUT2D eigenvalue weighted by Gasteiger charge is 2.23. The van der Waals surface area contributed by atoms with Gasteiger partial charge in [-0.3, -0.25) is 0 Å². The van der Waals surface area contributed by atoms with Crippen molar-refractivity contribution in [3.63, 3.8) is 0 Å². The Morgan fingerprint density at radius 1 is 0.833 bits per heavy atom. The zero-order chi connectivity index (χ0) is 13.5. The molecule has 1 aliphatic rings. The molecule has 108 valence electrons. The van der Waals surface area contributed by atoms with Crippen LogP contribution in [0.3, 0.4) is 0 Å². The molecule has 1 fully saturated rings. The molecule has 1 rings (SSSR count). The van der Waals surface area contributed by atoms with Gasteiger partial charge in [-0.15, -0.1) is 0 Å². The van der Waals surface area contributed by atoms with Gasteiger partial charge < -0.3 is 5.32 Å². The summed E-state index contributed by atoms with van der Waals surface area (Å²) in [5, 5.41) is 3.95. The minimum absolute atomic E-state index is 0.716. The van der Waals surface area contributed by atoms with Gasteiger partial charge >= 0.3 is 0 Å². The molecule has 1 atom stereocenters. The lowest BCUT2D eigenvalue weighted by Gasteiger charge is -2.33. The Morgan fingerprint density at radius 3 is 1.78 bits per heavy atom. The van der Waals surface area contributed by atoms with Gasteiger partial charge in [0.1, 0.15) is 0 Å². The molecule has 1 aliphatic carbocycles. The molecule has 0 aromatic rings. The highest BCUT2D eigenvalue weighted by molar-refractivity contribution is 4.80. The van der Waals surface area contributed by atoms with Crippen molar-refractivity contribution in [2.75, 3.05) is 0 Å². The van der Waals surface area contributed by atoms with Crippen molar-refractivity contribution in [2.24, 2.45) is 17.8 Å². The van der Waals surface area contributed by atoms with Crippen molar-refractivity contribution in [3.05, 3.63) is 0 Å². The number of hydrogen-bond donors (Lipinski definition) is 1. The van der Waals surface area contributed by atoms with Crippen molar-refractivity contribution >= 4 is 0 Å². The van der Waals surface area contributed by atoms with Gasteiger partial charge in [0, 0.05) is 12.1 Å². The van der Waals surface area contributed by atoms with E-state index < -0.39 is 0 Å². The topological polar surface area (TPSA) is 12.0 Å². The molecule has 18 heavy (non-hydrogen) atoms. The van der Waals surface area contributed by atoms with E-state index in [9.17, 15) is 0 Å². The molecule has 0 saturated heterocycles. The molecule has 0 spiro atoms. The van der Waals surface area contributed by atoms with Crippen molar-refractivity contribution < 1.29 is 0 Å². The highest BCUT2D eigenvalue weighted by atomic mass is 15.0. The summed E-state index contributed by atoms with van der Waals surface area (Å²) in [6.07, 6.45) is 9.93. The fraction of sp³-hybridized carbons (Fsp3) is 1.00. The fourth-order valence-electron chi connectivity index (χ4n) is 3.51. The maximum Gasteiger partial charge on any atom is 0.00745 e. The molecule has 0 aliphatic heterocycles. The van der Waals surface area contributed by atoms with E-state index in [1.807, 2.05) is 0 Å². The predicted octanol–water partition coefficient (Wildman–Crippen LogP) is 5.01. The lowest BCUT2D eigenvalue weighted by Crippen LogP contribution is -2.42. The van der Waals surface area contributed by atoms with Crippen LogP contribution in [0.1, 0.15) is 79.6 Å². The lowest BCUT2D eigenvalue weighted by molar-refractivity contribution is 0.240. The Hall–Kier alpha value is -0.0400. The maximum absolute atomic E-state index is 3.95. The van der Waals surface area contributed by atoms with E-state index in [0.717, 1.165) is 23.8 Å². The summed E-state index contributed by atoms with van der Waals surface area (Å²) in [6.45, 7) is 11.8. The summed E-state index contributed by atoms with van der Waals surface area (Å²) >= 11 is 0. The van der Waals surface area contributed by atoms with E-state index in [4.69, 9.17) is 0 Å². The zero-order valence-corrected chi connectivity index (χ0v) is 13.3. The van der Waals surface area contributed by atoms with Crippen LogP contribution in [-0.2, 0) is 0 Å². The van der Waals surface area contributed by atoms with Crippen LogP contribution in [0, 0.1) is 17.8 Å². The minimum atomic E-state index is 0.716. The zero-order valence-electron chi connectivity index (χ0n) is 13.3. The van der Waals surface area contributed by atoms with Gasteiger partial charge in [0.2, 0.25) is 0 Å². The first-order valence-electron chi connectivity index (χ1n) is 8.25. The average Bonchev–Trinajstić information content (AvgIpc) is 2.28. The minimum Gasteiger partial charge on any atom is -0.311 e. The number of hydrogen-bond acceptors (Lipinski definition) is 1. The van der Waals surface area contributed by atoms with Gasteiger partial charge in [0.15, 0.2) is 0 Å². The second-order valence-electron chi connectivity index (χ2n) is 7.31. The fourth-order valence-corrected chi connectivity index (χ4v) is 3.51. The summed E-state index contributed by atoms with van der Waals surface area (Å²) in [5.41, 5.74) is 0.